The van der Waals surface area contributed by atoms with Crippen LogP contribution in [0.25, 0.3) is 0 Å². The lowest BCUT2D eigenvalue weighted by Gasteiger charge is -2.22. The quantitative estimate of drug-likeness (QED) is 0.148. The van der Waals surface area contributed by atoms with Crippen molar-refractivity contribution in [2.24, 2.45) is 0 Å². The predicted molar refractivity (Wildman–Crippen MR) is 132 cm³/mol. The maximum atomic E-state index is 12.1. The van der Waals surface area contributed by atoms with E-state index in [0.29, 0.717) is 6.54 Å². The Morgan fingerprint density at radius 1 is 0.812 bits per heavy atom. The van der Waals surface area contributed by atoms with Gasteiger partial charge in [-0.05, 0) is 13.3 Å². The maximum absolute atomic E-state index is 12.1. The smallest absolute Gasteiger partial charge is 0.434 e. The molecule has 0 heterocycles. The van der Waals surface area contributed by atoms with E-state index in [1.807, 2.05) is 0 Å². The summed E-state index contributed by atoms with van der Waals surface area (Å²) in [6.45, 7) is 4.42. The third kappa shape index (κ3) is 21.0. The first kappa shape index (κ1) is 31.1. The van der Waals surface area contributed by atoms with Crippen LogP contribution in [0.4, 0.5) is 4.79 Å². The van der Waals surface area contributed by atoms with Crippen molar-refractivity contribution in [2.45, 2.75) is 123 Å². The van der Waals surface area contributed by atoms with Crippen LogP contribution in [-0.2, 0) is 19.6 Å². The van der Waals surface area contributed by atoms with E-state index in [0.717, 1.165) is 19.1 Å². The molecule has 0 radical (unpaired) electrons. The number of amides is 1. The molecule has 0 aromatic carbocycles. The Morgan fingerprint density at radius 3 is 1.59 bits per heavy atom. The van der Waals surface area contributed by atoms with Crippen molar-refractivity contribution in [3.8, 4) is 0 Å². The number of carbonyl (C=O) groups excluding carboxylic acids is 1. The van der Waals surface area contributed by atoms with Crippen LogP contribution in [0.3, 0.4) is 0 Å². The molecule has 0 aliphatic heterocycles. The van der Waals surface area contributed by atoms with E-state index in [1.165, 1.54) is 102 Å². The van der Waals surface area contributed by atoms with Crippen molar-refractivity contribution in [3.63, 3.8) is 0 Å². The molecule has 0 aliphatic rings. The fraction of sp³-hybridized carbons (Fsp3) is 0.958. The van der Waals surface area contributed by atoms with Crippen LogP contribution in [-0.4, -0.2) is 52.1 Å². The van der Waals surface area contributed by atoms with Gasteiger partial charge in [0.1, 0.15) is 6.10 Å². The number of rotatable bonds is 22. The number of ether oxygens (including phenoxy) is 1. The first-order chi connectivity index (χ1) is 15.3. The Balaban J connectivity index is 3.56. The van der Waals surface area contributed by atoms with Gasteiger partial charge < -0.3 is 4.74 Å². The second-order valence-electron chi connectivity index (χ2n) is 8.90. The maximum Gasteiger partial charge on any atom is 0.434 e. The fourth-order valence-corrected chi connectivity index (χ4v) is 4.14. The van der Waals surface area contributed by atoms with Gasteiger partial charge >= 0.3 is 6.09 Å². The largest absolute Gasteiger partial charge is 0.443 e. The lowest BCUT2D eigenvalue weighted by Crippen LogP contribution is -2.38. The number of nitrogens with one attached hydrogen (secondary N) is 1. The van der Waals surface area contributed by atoms with E-state index in [9.17, 15) is 13.2 Å². The minimum absolute atomic E-state index is 0.0428. The number of hydrogen-bond acceptors (Lipinski definition) is 5. The Labute approximate surface area is 198 Å². The van der Waals surface area contributed by atoms with Crippen molar-refractivity contribution in [3.05, 3.63) is 0 Å². The van der Waals surface area contributed by atoms with Gasteiger partial charge in [0.2, 0.25) is 10.0 Å². The van der Waals surface area contributed by atoms with Gasteiger partial charge in [-0.25, -0.2) is 17.9 Å². The van der Waals surface area contributed by atoms with E-state index in [4.69, 9.17) is 9.57 Å². The van der Waals surface area contributed by atoms with Crippen LogP contribution in [0.1, 0.15) is 117 Å². The summed E-state index contributed by atoms with van der Waals surface area (Å²) in [4.78, 5) is 17.2. The van der Waals surface area contributed by atoms with Crippen LogP contribution < -0.4 is 4.72 Å². The third-order valence-corrected chi connectivity index (χ3v) is 6.26. The van der Waals surface area contributed by atoms with Crippen molar-refractivity contribution >= 4 is 16.1 Å². The molecule has 192 valence electrons. The van der Waals surface area contributed by atoms with Crippen molar-refractivity contribution < 1.29 is 22.8 Å². The zero-order valence-electron chi connectivity index (χ0n) is 21.2. The molecular formula is C24H50N2O5S. The molecule has 0 aromatic heterocycles. The van der Waals surface area contributed by atoms with Gasteiger partial charge in [-0.2, -0.15) is 5.06 Å². The molecule has 32 heavy (non-hydrogen) atoms. The second kappa shape index (κ2) is 20.7. The normalized spacial score (nSPS) is 12.6. The second-order valence-corrected chi connectivity index (χ2v) is 10.7. The van der Waals surface area contributed by atoms with Crippen molar-refractivity contribution in [1.82, 2.24) is 9.79 Å². The Kier molecular flexibility index (Phi) is 20.2. The topological polar surface area (TPSA) is 84.9 Å². The van der Waals surface area contributed by atoms with Crippen LogP contribution in [0, 0.1) is 0 Å². The highest BCUT2D eigenvalue weighted by Gasteiger charge is 2.18. The van der Waals surface area contributed by atoms with Gasteiger partial charge in [0.05, 0.1) is 19.9 Å². The predicted octanol–water partition coefficient (Wildman–Crippen LogP) is 6.19. The van der Waals surface area contributed by atoms with Gasteiger partial charge in [-0.1, -0.05) is 103 Å². The molecule has 0 bridgehead atoms. The minimum atomic E-state index is -3.31. The molecule has 7 nitrogen and oxygen atoms in total. The van der Waals surface area contributed by atoms with Crippen LogP contribution in [0.5, 0.6) is 0 Å². The lowest BCUT2D eigenvalue weighted by atomic mass is 10.0. The van der Waals surface area contributed by atoms with Gasteiger partial charge in [-0.3, -0.25) is 4.84 Å². The molecule has 0 spiro atoms. The standard InChI is InChI=1S/C24H50N2O5S/c1-5-6-7-8-9-10-11-12-13-14-15-16-17-18-19-20-21-26(30-3)24(27)31-23(2)22-25-32(4,28)29/h23,25H,5-22H2,1-4H3. The van der Waals surface area contributed by atoms with Gasteiger partial charge in [0.15, 0.2) is 0 Å². The SMILES string of the molecule is CCCCCCCCCCCCCCCCCCN(OC)C(=O)OC(C)CNS(C)(=O)=O. The molecule has 8 heteroatoms. The summed E-state index contributed by atoms with van der Waals surface area (Å²) in [7, 11) is -1.87. The number of unbranched alkanes of at least 4 members (excludes halogenated alkanes) is 15. The first-order valence-electron chi connectivity index (χ1n) is 12.8. The average Bonchev–Trinajstić information content (AvgIpc) is 2.74. The number of carbonyl (C=O) groups is 1. The zero-order valence-corrected chi connectivity index (χ0v) is 22.0. The Bertz CT molecular complexity index is 543. The van der Waals surface area contributed by atoms with Gasteiger partial charge in [-0.15, -0.1) is 0 Å². The summed E-state index contributed by atoms with van der Waals surface area (Å²) in [5, 5.41) is 1.20. The van der Waals surface area contributed by atoms with Crippen LogP contribution in [0.15, 0.2) is 0 Å². The first-order valence-corrected chi connectivity index (χ1v) is 14.7. The van der Waals surface area contributed by atoms with E-state index < -0.39 is 22.2 Å². The van der Waals surface area contributed by atoms with Gasteiger partial charge in [0, 0.05) is 6.54 Å². The summed E-state index contributed by atoms with van der Waals surface area (Å²) in [5.41, 5.74) is 0. The highest BCUT2D eigenvalue weighted by atomic mass is 32.2. The monoisotopic (exact) mass is 478 g/mol. The summed E-state index contributed by atoms with van der Waals surface area (Å²) >= 11 is 0. The third-order valence-electron chi connectivity index (χ3n) is 5.57. The highest BCUT2D eigenvalue weighted by molar-refractivity contribution is 7.88. The minimum Gasteiger partial charge on any atom is -0.443 e. The summed E-state index contributed by atoms with van der Waals surface area (Å²) in [5.74, 6) is 0. The molecule has 0 fully saturated rings. The Morgan fingerprint density at radius 2 is 1.22 bits per heavy atom. The number of nitrogens with zero attached hydrogens (tertiary/aromatic N) is 1. The number of sulfonamides is 1. The molecule has 1 atom stereocenters. The van der Waals surface area contributed by atoms with Crippen molar-refractivity contribution in [1.29, 1.82) is 0 Å². The van der Waals surface area contributed by atoms with E-state index >= 15 is 0 Å². The molecule has 1 amide bonds. The number of hydrogen-bond donors (Lipinski definition) is 1. The van der Waals surface area contributed by atoms with Crippen LogP contribution >= 0.6 is 0 Å². The summed E-state index contributed by atoms with van der Waals surface area (Å²) in [6, 6.07) is 0. The van der Waals surface area contributed by atoms with Gasteiger partial charge in [0.25, 0.3) is 0 Å². The summed E-state index contributed by atoms with van der Waals surface area (Å²) in [6.07, 6.45) is 20.7. The number of hydroxylamine groups is 2. The lowest BCUT2D eigenvalue weighted by molar-refractivity contribution is -0.115. The van der Waals surface area contributed by atoms with E-state index in [1.54, 1.807) is 6.92 Å². The van der Waals surface area contributed by atoms with E-state index in [-0.39, 0.29) is 6.54 Å². The van der Waals surface area contributed by atoms with E-state index in [2.05, 4.69) is 11.6 Å². The highest BCUT2D eigenvalue weighted by Crippen LogP contribution is 2.14. The summed E-state index contributed by atoms with van der Waals surface area (Å²) < 4.78 is 29.7. The molecule has 0 saturated heterocycles. The van der Waals surface area contributed by atoms with Crippen LogP contribution in [0.2, 0.25) is 0 Å². The fourth-order valence-electron chi connectivity index (χ4n) is 3.60. The molecule has 0 aliphatic carbocycles. The molecular weight excluding hydrogens is 428 g/mol. The zero-order chi connectivity index (χ0) is 24.1. The molecule has 1 N–H and O–H groups in total. The molecule has 0 saturated carbocycles. The average molecular weight is 479 g/mol. The Hall–Kier alpha value is -0.860. The molecule has 1 unspecified atom stereocenters. The molecule has 0 rings (SSSR count). The molecule has 0 aromatic rings. The van der Waals surface area contributed by atoms with Crippen molar-refractivity contribution in [2.75, 3.05) is 26.5 Å².